The highest BCUT2D eigenvalue weighted by molar-refractivity contribution is 8.00. The van der Waals surface area contributed by atoms with E-state index in [1.54, 1.807) is 36.6 Å². The SMILES string of the molecule is CC(SCC(=O)Nc1ccc(Cl)cc1)c1nc2scc(-c3ccco3)c2c(=O)[nH]1. The number of carbonyl (C=O) groups excluding carboxylic acids is 1. The van der Waals surface area contributed by atoms with Gasteiger partial charge in [0.15, 0.2) is 0 Å². The van der Waals surface area contributed by atoms with Gasteiger partial charge in [0.2, 0.25) is 5.91 Å². The van der Waals surface area contributed by atoms with Crippen molar-refractivity contribution in [2.75, 3.05) is 11.1 Å². The van der Waals surface area contributed by atoms with Crippen LogP contribution in [0.5, 0.6) is 0 Å². The molecule has 1 aromatic carbocycles. The van der Waals surface area contributed by atoms with Gasteiger partial charge >= 0.3 is 0 Å². The molecule has 1 unspecified atom stereocenters. The Morgan fingerprint density at radius 3 is 2.86 bits per heavy atom. The minimum Gasteiger partial charge on any atom is -0.464 e. The number of fused-ring (bicyclic) bond motifs is 1. The number of nitrogens with zero attached hydrogens (tertiary/aromatic N) is 1. The molecule has 3 aromatic heterocycles. The molecule has 2 N–H and O–H groups in total. The van der Waals surface area contributed by atoms with Crippen molar-refractivity contribution in [2.24, 2.45) is 0 Å². The van der Waals surface area contributed by atoms with Crippen LogP contribution in [0.3, 0.4) is 0 Å². The summed E-state index contributed by atoms with van der Waals surface area (Å²) in [5.74, 6) is 1.27. The van der Waals surface area contributed by atoms with E-state index in [1.807, 2.05) is 18.4 Å². The van der Waals surface area contributed by atoms with Crippen LogP contribution < -0.4 is 10.9 Å². The number of benzene rings is 1. The van der Waals surface area contributed by atoms with Crippen LogP contribution in [0.1, 0.15) is 18.0 Å². The van der Waals surface area contributed by atoms with E-state index in [4.69, 9.17) is 16.0 Å². The summed E-state index contributed by atoms with van der Waals surface area (Å²) >= 11 is 8.64. The Morgan fingerprint density at radius 2 is 2.14 bits per heavy atom. The molecule has 3 heterocycles. The summed E-state index contributed by atoms with van der Waals surface area (Å²) in [6.45, 7) is 1.91. The van der Waals surface area contributed by atoms with Gasteiger partial charge in [-0.2, -0.15) is 0 Å². The normalized spacial score (nSPS) is 12.2. The van der Waals surface area contributed by atoms with E-state index in [9.17, 15) is 9.59 Å². The van der Waals surface area contributed by atoms with Crippen LogP contribution in [0, 0.1) is 0 Å². The quantitative estimate of drug-likeness (QED) is 0.418. The molecule has 0 saturated carbocycles. The van der Waals surface area contributed by atoms with Crippen molar-refractivity contribution in [1.29, 1.82) is 0 Å². The maximum Gasteiger partial charge on any atom is 0.260 e. The fourth-order valence-corrected chi connectivity index (χ4v) is 4.59. The maximum absolute atomic E-state index is 12.7. The van der Waals surface area contributed by atoms with Crippen LogP contribution in [0.15, 0.2) is 57.3 Å². The first-order valence-electron chi connectivity index (χ1n) is 8.73. The van der Waals surface area contributed by atoms with Crippen molar-refractivity contribution in [3.05, 3.63) is 69.2 Å². The summed E-state index contributed by atoms with van der Waals surface area (Å²) in [5, 5.41) is 5.66. The minimum atomic E-state index is -0.212. The Labute approximate surface area is 179 Å². The molecule has 0 aliphatic rings. The van der Waals surface area contributed by atoms with Crippen LogP contribution in [0.2, 0.25) is 5.02 Å². The Bertz CT molecular complexity index is 1200. The first-order chi connectivity index (χ1) is 14.0. The van der Waals surface area contributed by atoms with Crippen LogP contribution >= 0.6 is 34.7 Å². The molecule has 1 amide bonds. The van der Waals surface area contributed by atoms with Crippen LogP contribution in [0.25, 0.3) is 21.5 Å². The fourth-order valence-electron chi connectivity index (χ4n) is 2.78. The Kier molecular flexibility index (Phi) is 5.75. The Morgan fingerprint density at radius 1 is 1.34 bits per heavy atom. The zero-order valence-corrected chi connectivity index (χ0v) is 17.7. The van der Waals surface area contributed by atoms with Gasteiger partial charge in [0, 0.05) is 21.7 Å². The number of halogens is 1. The van der Waals surface area contributed by atoms with Crippen LogP contribution in [-0.2, 0) is 4.79 Å². The van der Waals surface area contributed by atoms with Gasteiger partial charge in [0.05, 0.1) is 22.7 Å². The maximum atomic E-state index is 12.7. The summed E-state index contributed by atoms with van der Waals surface area (Å²) in [6, 6.07) is 10.5. The zero-order valence-electron chi connectivity index (χ0n) is 15.3. The molecule has 148 valence electrons. The lowest BCUT2D eigenvalue weighted by atomic mass is 10.2. The first kappa shape index (κ1) is 19.8. The van der Waals surface area contributed by atoms with Gasteiger partial charge in [-0.25, -0.2) is 4.98 Å². The average molecular weight is 446 g/mol. The molecule has 0 aliphatic carbocycles. The number of nitrogens with one attached hydrogen (secondary N) is 2. The van der Waals surface area contributed by atoms with E-state index >= 15 is 0 Å². The predicted molar refractivity (Wildman–Crippen MR) is 119 cm³/mol. The fraction of sp³-hybridized carbons (Fsp3) is 0.150. The number of anilines is 1. The molecule has 1 atom stereocenters. The molecule has 0 spiro atoms. The molecular weight excluding hydrogens is 430 g/mol. The molecule has 4 aromatic rings. The molecule has 0 saturated heterocycles. The summed E-state index contributed by atoms with van der Waals surface area (Å²) < 4.78 is 5.41. The zero-order chi connectivity index (χ0) is 20.4. The number of thiophene rings is 1. The third-order valence-electron chi connectivity index (χ3n) is 4.23. The summed E-state index contributed by atoms with van der Waals surface area (Å²) in [7, 11) is 0. The van der Waals surface area contributed by atoms with Crippen LogP contribution in [0.4, 0.5) is 5.69 Å². The summed E-state index contributed by atoms with van der Waals surface area (Å²) in [4.78, 5) is 32.9. The van der Waals surface area contributed by atoms with Crippen molar-refractivity contribution in [3.8, 4) is 11.3 Å². The smallest absolute Gasteiger partial charge is 0.260 e. The molecule has 6 nitrogen and oxygen atoms in total. The topological polar surface area (TPSA) is 88.0 Å². The van der Waals surface area contributed by atoms with E-state index in [1.165, 1.54) is 23.1 Å². The number of rotatable bonds is 6. The van der Waals surface area contributed by atoms with Gasteiger partial charge < -0.3 is 14.7 Å². The lowest BCUT2D eigenvalue weighted by Gasteiger charge is -2.11. The number of hydrogen-bond donors (Lipinski definition) is 2. The molecule has 0 fully saturated rings. The number of amides is 1. The van der Waals surface area contributed by atoms with Gasteiger partial charge in [-0.3, -0.25) is 9.59 Å². The number of hydrogen-bond acceptors (Lipinski definition) is 6. The van der Waals surface area contributed by atoms with Crippen molar-refractivity contribution in [1.82, 2.24) is 9.97 Å². The van der Waals surface area contributed by atoms with E-state index in [0.29, 0.717) is 32.5 Å². The van der Waals surface area contributed by atoms with Crippen molar-refractivity contribution in [2.45, 2.75) is 12.2 Å². The largest absolute Gasteiger partial charge is 0.464 e. The van der Waals surface area contributed by atoms with Crippen molar-refractivity contribution in [3.63, 3.8) is 0 Å². The van der Waals surface area contributed by atoms with Gasteiger partial charge in [-0.1, -0.05) is 11.6 Å². The average Bonchev–Trinajstić information content (AvgIpc) is 3.37. The molecule has 29 heavy (non-hydrogen) atoms. The highest BCUT2D eigenvalue weighted by atomic mass is 35.5. The number of aromatic nitrogens is 2. The molecule has 0 radical (unpaired) electrons. The number of aromatic amines is 1. The van der Waals surface area contributed by atoms with E-state index < -0.39 is 0 Å². The molecule has 4 rings (SSSR count). The van der Waals surface area contributed by atoms with E-state index in [2.05, 4.69) is 15.3 Å². The third kappa shape index (κ3) is 4.39. The standard InChI is InChI=1S/C20H16ClN3O3S2/c1-11(28-10-16(25)22-13-6-4-12(21)5-7-13)18-23-19(26)17-14(9-29-20(17)24-18)15-3-2-8-27-15/h2-9,11H,10H2,1H3,(H,22,25)(H,23,24,26). The minimum absolute atomic E-state index is 0.135. The van der Waals surface area contributed by atoms with Crippen molar-refractivity contribution < 1.29 is 9.21 Å². The summed E-state index contributed by atoms with van der Waals surface area (Å²) in [5.41, 5.74) is 1.21. The molecular formula is C20H16ClN3O3S2. The van der Waals surface area contributed by atoms with Gasteiger partial charge in [-0.15, -0.1) is 23.1 Å². The number of furan rings is 1. The van der Waals surface area contributed by atoms with Crippen molar-refractivity contribution >= 4 is 56.5 Å². The van der Waals surface area contributed by atoms with Gasteiger partial charge in [0.1, 0.15) is 16.4 Å². The lowest BCUT2D eigenvalue weighted by molar-refractivity contribution is -0.113. The second-order valence-electron chi connectivity index (χ2n) is 6.27. The second-order valence-corrected chi connectivity index (χ2v) is 8.89. The highest BCUT2D eigenvalue weighted by Crippen LogP contribution is 2.33. The first-order valence-corrected chi connectivity index (χ1v) is 11.0. The lowest BCUT2D eigenvalue weighted by Crippen LogP contribution is -2.16. The van der Waals surface area contributed by atoms with E-state index in [0.717, 1.165) is 5.56 Å². The van der Waals surface area contributed by atoms with Gasteiger partial charge in [-0.05, 0) is 43.3 Å². The number of thioether (sulfide) groups is 1. The van der Waals surface area contributed by atoms with Gasteiger partial charge in [0.25, 0.3) is 5.56 Å². The highest BCUT2D eigenvalue weighted by Gasteiger charge is 2.18. The molecule has 0 bridgehead atoms. The number of H-pyrrole nitrogens is 1. The Balaban J connectivity index is 1.46. The second kappa shape index (κ2) is 8.44. The summed E-state index contributed by atoms with van der Waals surface area (Å²) in [6.07, 6.45) is 1.57. The molecule has 9 heteroatoms. The Hall–Kier alpha value is -2.55. The van der Waals surface area contributed by atoms with E-state index in [-0.39, 0.29) is 22.5 Å². The van der Waals surface area contributed by atoms with Crippen LogP contribution in [-0.4, -0.2) is 21.6 Å². The predicted octanol–water partition coefficient (Wildman–Crippen LogP) is 5.33. The monoisotopic (exact) mass is 445 g/mol. The number of carbonyl (C=O) groups is 1. The third-order valence-corrected chi connectivity index (χ3v) is 6.50. The molecule has 0 aliphatic heterocycles.